The SMILES string of the molecule is C[C@H]1CCCN(C(=O)CN2C(=O)[C@@H]3CCCN3C(=O)c3cc(F)ccc32)C1. The largest absolute Gasteiger partial charge is 0.341 e. The average molecular weight is 373 g/mol. The molecule has 1 aromatic rings. The molecule has 0 unspecified atom stereocenters. The lowest BCUT2D eigenvalue weighted by Gasteiger charge is -2.33. The van der Waals surface area contributed by atoms with E-state index in [1.165, 1.54) is 28.0 Å². The topological polar surface area (TPSA) is 60.9 Å². The molecule has 2 saturated heterocycles. The first-order valence-corrected chi connectivity index (χ1v) is 9.65. The molecule has 0 saturated carbocycles. The number of benzene rings is 1. The Morgan fingerprint density at radius 2 is 1.96 bits per heavy atom. The Hall–Kier alpha value is -2.44. The van der Waals surface area contributed by atoms with Crippen LogP contribution in [0, 0.1) is 11.7 Å². The highest BCUT2D eigenvalue weighted by Crippen LogP contribution is 2.33. The monoisotopic (exact) mass is 373 g/mol. The number of carbonyl (C=O) groups excluding carboxylic acids is 3. The van der Waals surface area contributed by atoms with Crippen LogP contribution >= 0.6 is 0 Å². The zero-order valence-electron chi connectivity index (χ0n) is 15.5. The van der Waals surface area contributed by atoms with Crippen molar-refractivity contribution in [1.29, 1.82) is 0 Å². The van der Waals surface area contributed by atoms with E-state index in [0.29, 0.717) is 37.7 Å². The number of likely N-dealkylation sites (tertiary alicyclic amines) is 1. The van der Waals surface area contributed by atoms with Gasteiger partial charge in [-0.15, -0.1) is 0 Å². The second kappa shape index (κ2) is 6.94. The van der Waals surface area contributed by atoms with Gasteiger partial charge in [-0.1, -0.05) is 6.92 Å². The van der Waals surface area contributed by atoms with Crippen LogP contribution in [0.15, 0.2) is 18.2 Å². The fourth-order valence-electron chi connectivity index (χ4n) is 4.45. The molecular weight excluding hydrogens is 349 g/mol. The average Bonchev–Trinajstić information content (AvgIpc) is 3.12. The molecule has 0 aliphatic carbocycles. The number of fused-ring (bicyclic) bond motifs is 2. The molecule has 6 nitrogen and oxygen atoms in total. The number of anilines is 1. The smallest absolute Gasteiger partial charge is 0.256 e. The lowest BCUT2D eigenvalue weighted by Crippen LogP contribution is -2.50. The van der Waals surface area contributed by atoms with Gasteiger partial charge in [-0.3, -0.25) is 14.4 Å². The summed E-state index contributed by atoms with van der Waals surface area (Å²) in [5.74, 6) is -0.783. The molecule has 3 amide bonds. The van der Waals surface area contributed by atoms with Crippen LogP contribution in [0.2, 0.25) is 0 Å². The van der Waals surface area contributed by atoms with Crippen LogP contribution in [-0.4, -0.2) is 59.7 Å². The minimum absolute atomic E-state index is 0.109. The summed E-state index contributed by atoms with van der Waals surface area (Å²) in [6, 6.07) is 3.28. The van der Waals surface area contributed by atoms with Gasteiger partial charge in [0.2, 0.25) is 11.8 Å². The third-order valence-corrected chi connectivity index (χ3v) is 5.85. The first kappa shape index (κ1) is 17.9. The van der Waals surface area contributed by atoms with Crippen LogP contribution in [0.3, 0.4) is 0 Å². The molecule has 7 heteroatoms. The maximum Gasteiger partial charge on any atom is 0.256 e. The van der Waals surface area contributed by atoms with E-state index in [4.69, 9.17) is 0 Å². The van der Waals surface area contributed by atoms with Crippen LogP contribution < -0.4 is 4.90 Å². The Kier molecular flexibility index (Phi) is 4.61. The molecule has 2 atom stereocenters. The Morgan fingerprint density at radius 3 is 2.74 bits per heavy atom. The van der Waals surface area contributed by atoms with Crippen LogP contribution in [0.25, 0.3) is 0 Å². The second-order valence-corrected chi connectivity index (χ2v) is 7.83. The molecule has 0 spiro atoms. The molecular formula is C20H24FN3O3. The van der Waals surface area contributed by atoms with Gasteiger partial charge in [0.25, 0.3) is 5.91 Å². The van der Waals surface area contributed by atoms with E-state index in [9.17, 15) is 18.8 Å². The van der Waals surface area contributed by atoms with Crippen LogP contribution in [-0.2, 0) is 9.59 Å². The molecule has 3 aliphatic rings. The minimum atomic E-state index is -0.568. The number of hydrogen-bond acceptors (Lipinski definition) is 3. The predicted octanol–water partition coefficient (Wildman–Crippen LogP) is 2.04. The van der Waals surface area contributed by atoms with Crippen molar-refractivity contribution >= 4 is 23.4 Å². The third-order valence-electron chi connectivity index (χ3n) is 5.85. The molecule has 4 rings (SSSR count). The van der Waals surface area contributed by atoms with E-state index in [0.717, 1.165) is 19.3 Å². The van der Waals surface area contributed by atoms with Gasteiger partial charge in [-0.2, -0.15) is 0 Å². The Bertz CT molecular complexity index is 797. The maximum absolute atomic E-state index is 13.8. The van der Waals surface area contributed by atoms with Gasteiger partial charge in [-0.25, -0.2) is 4.39 Å². The minimum Gasteiger partial charge on any atom is -0.341 e. The summed E-state index contributed by atoms with van der Waals surface area (Å²) in [6.45, 7) is 3.86. The van der Waals surface area contributed by atoms with Crippen molar-refractivity contribution in [3.63, 3.8) is 0 Å². The lowest BCUT2D eigenvalue weighted by atomic mass is 10.0. The first-order chi connectivity index (χ1) is 13.0. The number of amides is 3. The number of nitrogens with zero attached hydrogens (tertiary/aromatic N) is 3. The predicted molar refractivity (Wildman–Crippen MR) is 97.8 cm³/mol. The maximum atomic E-state index is 13.8. The Labute approximate surface area is 157 Å². The summed E-state index contributed by atoms with van der Waals surface area (Å²) in [6.07, 6.45) is 3.36. The highest BCUT2D eigenvalue weighted by atomic mass is 19.1. The van der Waals surface area contributed by atoms with Crippen molar-refractivity contribution in [1.82, 2.24) is 9.80 Å². The van der Waals surface area contributed by atoms with Gasteiger partial charge >= 0.3 is 0 Å². The number of piperidine rings is 1. The van der Waals surface area contributed by atoms with Crippen molar-refractivity contribution in [2.45, 2.75) is 38.6 Å². The zero-order chi connectivity index (χ0) is 19.1. The normalized spacial score (nSPS) is 25.3. The fraction of sp³-hybridized carbons (Fsp3) is 0.550. The summed E-state index contributed by atoms with van der Waals surface area (Å²) in [4.78, 5) is 43.6. The molecule has 0 bridgehead atoms. The second-order valence-electron chi connectivity index (χ2n) is 7.83. The van der Waals surface area contributed by atoms with Gasteiger partial charge in [0.1, 0.15) is 18.4 Å². The summed E-state index contributed by atoms with van der Waals surface area (Å²) in [7, 11) is 0. The van der Waals surface area contributed by atoms with E-state index in [-0.39, 0.29) is 29.8 Å². The standard InChI is InChI=1S/C20H24FN3O3/c1-13-4-2-8-22(11-13)18(25)12-24-16-7-6-14(21)10-15(16)19(26)23-9-3-5-17(23)20(24)27/h6-7,10,13,17H,2-5,8-9,11-12H2,1H3/t13-,17-/m0/s1. The molecule has 27 heavy (non-hydrogen) atoms. The summed E-state index contributed by atoms with van der Waals surface area (Å²) in [5.41, 5.74) is 0.492. The number of rotatable bonds is 2. The zero-order valence-corrected chi connectivity index (χ0v) is 15.5. The number of carbonyl (C=O) groups is 3. The van der Waals surface area contributed by atoms with Crippen LogP contribution in [0.4, 0.5) is 10.1 Å². The van der Waals surface area contributed by atoms with E-state index in [1.54, 1.807) is 4.90 Å². The molecule has 144 valence electrons. The fourth-order valence-corrected chi connectivity index (χ4v) is 4.45. The number of hydrogen-bond donors (Lipinski definition) is 0. The number of halogens is 1. The van der Waals surface area contributed by atoms with Crippen molar-refractivity contribution in [3.8, 4) is 0 Å². The van der Waals surface area contributed by atoms with Gasteiger partial charge in [0.15, 0.2) is 0 Å². The van der Waals surface area contributed by atoms with Crippen molar-refractivity contribution in [2.75, 3.05) is 31.1 Å². The molecule has 2 fully saturated rings. The van der Waals surface area contributed by atoms with E-state index in [2.05, 4.69) is 6.92 Å². The molecule has 3 heterocycles. The van der Waals surface area contributed by atoms with Gasteiger partial charge in [-0.05, 0) is 49.8 Å². The molecule has 3 aliphatic heterocycles. The Balaban J connectivity index is 1.67. The quantitative estimate of drug-likeness (QED) is 0.797. The van der Waals surface area contributed by atoms with Crippen LogP contribution in [0.1, 0.15) is 43.0 Å². The molecule has 0 aromatic heterocycles. The molecule has 0 radical (unpaired) electrons. The van der Waals surface area contributed by atoms with Gasteiger partial charge in [0.05, 0.1) is 11.3 Å². The van der Waals surface area contributed by atoms with Crippen molar-refractivity contribution in [3.05, 3.63) is 29.6 Å². The molecule has 1 aromatic carbocycles. The Morgan fingerprint density at radius 1 is 1.19 bits per heavy atom. The van der Waals surface area contributed by atoms with Crippen molar-refractivity contribution < 1.29 is 18.8 Å². The summed E-state index contributed by atoms with van der Waals surface area (Å²) in [5, 5.41) is 0. The highest BCUT2D eigenvalue weighted by molar-refractivity contribution is 6.12. The lowest BCUT2D eigenvalue weighted by molar-refractivity contribution is -0.133. The molecule has 0 N–H and O–H groups in total. The van der Waals surface area contributed by atoms with E-state index >= 15 is 0 Å². The van der Waals surface area contributed by atoms with Gasteiger partial charge < -0.3 is 14.7 Å². The third kappa shape index (κ3) is 3.19. The van der Waals surface area contributed by atoms with E-state index < -0.39 is 11.9 Å². The first-order valence-electron chi connectivity index (χ1n) is 9.65. The van der Waals surface area contributed by atoms with Crippen molar-refractivity contribution in [2.24, 2.45) is 5.92 Å². The summed E-state index contributed by atoms with van der Waals surface area (Å²) < 4.78 is 13.8. The van der Waals surface area contributed by atoms with Gasteiger partial charge in [0, 0.05) is 19.6 Å². The van der Waals surface area contributed by atoms with Crippen LogP contribution in [0.5, 0.6) is 0 Å². The van der Waals surface area contributed by atoms with E-state index in [1.807, 2.05) is 0 Å². The highest BCUT2D eigenvalue weighted by Gasteiger charge is 2.43. The summed E-state index contributed by atoms with van der Waals surface area (Å²) >= 11 is 0.